The molecule has 1 aliphatic rings. The molecule has 2 N–H and O–H groups in total. The van der Waals surface area contributed by atoms with Gasteiger partial charge in [0.25, 0.3) is 5.43 Å². The van der Waals surface area contributed by atoms with Gasteiger partial charge < -0.3 is 14.9 Å². The molecule has 0 saturated heterocycles. The minimum atomic E-state index is -1.33. The maximum absolute atomic E-state index is 13.6. The molecule has 0 spiro atoms. The molecule has 6 nitrogen and oxygen atoms in total. The minimum Gasteiger partial charge on any atom is -0.494 e. The molecule has 104 valence electrons. The first kappa shape index (κ1) is 12.5. The number of nitrogens with zero attached hydrogens (tertiary/aromatic N) is 1. The molecular weight excluding hydrogens is 269 g/mol. The highest BCUT2D eigenvalue weighted by Crippen LogP contribution is 2.36. The molecule has 1 atom stereocenters. The van der Waals surface area contributed by atoms with Crippen LogP contribution in [0.15, 0.2) is 17.1 Å². The number of carboxylic acids is 1. The zero-order chi connectivity index (χ0) is 14.6. The van der Waals surface area contributed by atoms with Crippen LogP contribution in [0.25, 0.3) is 5.52 Å². The molecule has 7 heteroatoms. The van der Waals surface area contributed by atoms with Crippen LogP contribution in [-0.2, 0) is 0 Å². The van der Waals surface area contributed by atoms with E-state index >= 15 is 0 Å². The van der Waals surface area contributed by atoms with E-state index in [-0.39, 0.29) is 29.4 Å². The van der Waals surface area contributed by atoms with Crippen LogP contribution in [-0.4, -0.2) is 27.2 Å². The SMILES string of the molecule is C[C@H]1COc2c(=O)c(F)cn3c(O)c(C(=O)O)cc1c23. The fourth-order valence-electron chi connectivity index (χ4n) is 2.38. The monoisotopic (exact) mass is 279 g/mol. The molecule has 0 bridgehead atoms. The highest BCUT2D eigenvalue weighted by molar-refractivity contribution is 5.92. The van der Waals surface area contributed by atoms with Crippen molar-refractivity contribution in [2.24, 2.45) is 0 Å². The summed E-state index contributed by atoms with van der Waals surface area (Å²) in [5, 5.41) is 19.0. The summed E-state index contributed by atoms with van der Waals surface area (Å²) in [6, 6.07) is 1.29. The van der Waals surface area contributed by atoms with Crippen LogP contribution in [0.2, 0.25) is 0 Å². The number of hydrogen-bond acceptors (Lipinski definition) is 4. The second-order valence-electron chi connectivity index (χ2n) is 4.71. The van der Waals surface area contributed by atoms with E-state index in [0.29, 0.717) is 5.56 Å². The average Bonchev–Trinajstić information content (AvgIpc) is 2.39. The minimum absolute atomic E-state index is 0.144. The molecule has 1 aliphatic heterocycles. The van der Waals surface area contributed by atoms with Crippen LogP contribution in [0.3, 0.4) is 0 Å². The van der Waals surface area contributed by atoms with Gasteiger partial charge in [-0.05, 0) is 11.6 Å². The Bertz CT molecular complexity index is 811. The highest BCUT2D eigenvalue weighted by atomic mass is 19.1. The van der Waals surface area contributed by atoms with Crippen molar-refractivity contribution in [3.8, 4) is 11.6 Å². The zero-order valence-corrected chi connectivity index (χ0v) is 10.4. The quantitative estimate of drug-likeness (QED) is 0.822. The van der Waals surface area contributed by atoms with Crippen LogP contribution in [0.4, 0.5) is 4.39 Å². The number of aromatic carboxylic acids is 1. The van der Waals surface area contributed by atoms with Crippen molar-refractivity contribution in [2.75, 3.05) is 6.61 Å². The van der Waals surface area contributed by atoms with Gasteiger partial charge in [-0.1, -0.05) is 6.92 Å². The number of rotatable bonds is 1. The number of hydrogen-bond donors (Lipinski definition) is 2. The van der Waals surface area contributed by atoms with Gasteiger partial charge in [0.1, 0.15) is 5.56 Å². The Morgan fingerprint density at radius 3 is 2.90 bits per heavy atom. The van der Waals surface area contributed by atoms with Crippen LogP contribution in [0.5, 0.6) is 11.6 Å². The fraction of sp³-hybridized carbons (Fsp3) is 0.231. The van der Waals surface area contributed by atoms with E-state index in [0.717, 1.165) is 10.6 Å². The Kier molecular flexibility index (Phi) is 2.47. The lowest BCUT2D eigenvalue weighted by Crippen LogP contribution is -2.23. The smallest absolute Gasteiger partial charge is 0.341 e. The van der Waals surface area contributed by atoms with E-state index in [1.54, 1.807) is 6.92 Å². The van der Waals surface area contributed by atoms with Crippen LogP contribution in [0.1, 0.15) is 28.8 Å². The second-order valence-corrected chi connectivity index (χ2v) is 4.71. The van der Waals surface area contributed by atoms with Crippen molar-refractivity contribution < 1.29 is 24.1 Å². The van der Waals surface area contributed by atoms with Gasteiger partial charge in [-0.15, -0.1) is 0 Å². The van der Waals surface area contributed by atoms with Crippen LogP contribution >= 0.6 is 0 Å². The van der Waals surface area contributed by atoms with Crippen molar-refractivity contribution in [3.63, 3.8) is 0 Å². The van der Waals surface area contributed by atoms with Gasteiger partial charge in [-0.3, -0.25) is 9.20 Å². The predicted molar refractivity (Wildman–Crippen MR) is 66.2 cm³/mol. The van der Waals surface area contributed by atoms with Gasteiger partial charge in [0.2, 0.25) is 5.88 Å². The molecule has 0 fully saturated rings. The van der Waals surface area contributed by atoms with Crippen LogP contribution < -0.4 is 10.2 Å². The van der Waals surface area contributed by atoms with Crippen molar-refractivity contribution in [2.45, 2.75) is 12.8 Å². The van der Waals surface area contributed by atoms with E-state index in [1.165, 1.54) is 6.07 Å². The van der Waals surface area contributed by atoms with Gasteiger partial charge in [-0.25, -0.2) is 9.18 Å². The molecule has 0 saturated carbocycles. The van der Waals surface area contributed by atoms with Crippen molar-refractivity contribution >= 4 is 11.5 Å². The summed E-state index contributed by atoms with van der Waals surface area (Å²) >= 11 is 0. The molecule has 0 unspecified atom stereocenters. The Hall–Kier alpha value is -2.57. The lowest BCUT2D eigenvalue weighted by molar-refractivity contribution is 0.0692. The van der Waals surface area contributed by atoms with E-state index in [2.05, 4.69) is 0 Å². The van der Waals surface area contributed by atoms with Crippen molar-refractivity contribution in [1.82, 2.24) is 4.40 Å². The molecule has 3 heterocycles. The molecule has 0 aromatic carbocycles. The lowest BCUT2D eigenvalue weighted by Gasteiger charge is -2.24. The molecule has 0 amide bonds. The molecule has 0 aliphatic carbocycles. The summed E-state index contributed by atoms with van der Waals surface area (Å²) in [6.45, 7) is 1.93. The summed E-state index contributed by atoms with van der Waals surface area (Å²) in [4.78, 5) is 22.9. The molecule has 3 rings (SSSR count). The van der Waals surface area contributed by atoms with Crippen molar-refractivity contribution in [1.29, 1.82) is 0 Å². The van der Waals surface area contributed by atoms with Crippen molar-refractivity contribution in [3.05, 3.63) is 39.4 Å². The Morgan fingerprint density at radius 2 is 2.25 bits per heavy atom. The van der Waals surface area contributed by atoms with Gasteiger partial charge in [-0.2, -0.15) is 0 Å². The number of carboxylic acid groups (broad SMARTS) is 1. The third-order valence-electron chi connectivity index (χ3n) is 3.40. The van der Waals surface area contributed by atoms with E-state index in [1.807, 2.05) is 0 Å². The standard InChI is InChI=1S/C13H10FNO5/c1-5-4-20-11-9-6(5)2-7(13(18)19)12(17)15(9)3-8(14)10(11)16/h2-3,5,17H,4H2,1H3,(H,18,19)/t5-/m0/s1. The number of halogens is 1. The van der Waals surface area contributed by atoms with E-state index in [4.69, 9.17) is 9.84 Å². The average molecular weight is 279 g/mol. The predicted octanol–water partition coefficient (Wildman–Crippen LogP) is 1.34. The Balaban J connectivity index is 2.57. The highest BCUT2D eigenvalue weighted by Gasteiger charge is 2.28. The summed E-state index contributed by atoms with van der Waals surface area (Å²) in [5.74, 6) is -3.48. The zero-order valence-electron chi connectivity index (χ0n) is 10.4. The number of aromatic nitrogens is 1. The van der Waals surface area contributed by atoms with E-state index < -0.39 is 23.1 Å². The first-order valence-corrected chi connectivity index (χ1v) is 5.88. The van der Waals surface area contributed by atoms with Gasteiger partial charge in [0, 0.05) is 5.92 Å². The number of ether oxygens (including phenoxy) is 1. The largest absolute Gasteiger partial charge is 0.494 e. The Labute approximate surface area is 111 Å². The summed E-state index contributed by atoms with van der Waals surface area (Å²) in [6.07, 6.45) is 0.772. The summed E-state index contributed by atoms with van der Waals surface area (Å²) < 4.78 is 19.8. The fourth-order valence-corrected chi connectivity index (χ4v) is 2.38. The summed E-state index contributed by atoms with van der Waals surface area (Å²) in [5.41, 5.74) is -0.521. The van der Waals surface area contributed by atoms with Gasteiger partial charge in [0.15, 0.2) is 11.6 Å². The third-order valence-corrected chi connectivity index (χ3v) is 3.40. The molecule has 2 aromatic rings. The Morgan fingerprint density at radius 1 is 1.55 bits per heavy atom. The van der Waals surface area contributed by atoms with E-state index in [9.17, 15) is 19.1 Å². The number of carbonyl (C=O) groups is 1. The van der Waals surface area contributed by atoms with Crippen LogP contribution in [0, 0.1) is 5.82 Å². The first-order valence-electron chi connectivity index (χ1n) is 5.88. The van der Waals surface area contributed by atoms with Gasteiger partial charge in [0.05, 0.1) is 18.3 Å². The maximum atomic E-state index is 13.6. The normalized spacial score (nSPS) is 17.0. The maximum Gasteiger partial charge on any atom is 0.341 e. The number of pyridine rings is 2. The van der Waals surface area contributed by atoms with Gasteiger partial charge >= 0.3 is 5.97 Å². The molecule has 0 radical (unpaired) electrons. The number of aromatic hydroxyl groups is 1. The third kappa shape index (κ3) is 1.49. The topological polar surface area (TPSA) is 88.2 Å². The summed E-state index contributed by atoms with van der Waals surface area (Å²) in [7, 11) is 0. The molecule has 2 aromatic heterocycles. The molecular formula is C13H10FNO5. The molecule has 20 heavy (non-hydrogen) atoms. The second kappa shape index (κ2) is 3.96. The lowest BCUT2D eigenvalue weighted by atomic mass is 9.96. The first-order chi connectivity index (χ1) is 9.41.